The summed E-state index contributed by atoms with van der Waals surface area (Å²) in [6, 6.07) is 10.3. The number of benzene rings is 1. The highest BCUT2D eigenvalue weighted by molar-refractivity contribution is 5.70. The van der Waals surface area contributed by atoms with Gasteiger partial charge in [-0.1, -0.05) is 75.4 Å². The third-order valence-corrected chi connectivity index (χ3v) is 6.42. The fourth-order valence-corrected chi connectivity index (χ4v) is 4.14. The van der Waals surface area contributed by atoms with E-state index < -0.39 is 23.8 Å². The molecule has 186 valence electrons. The number of hydrogen-bond acceptors (Lipinski definition) is 5. The molecular weight excluding hydrogens is 428 g/mol. The highest BCUT2D eigenvalue weighted by Crippen LogP contribution is 2.28. The first kappa shape index (κ1) is 27.6. The molecule has 0 saturated carbocycles. The van der Waals surface area contributed by atoms with Crippen LogP contribution < -0.4 is 0 Å². The summed E-state index contributed by atoms with van der Waals surface area (Å²) in [5, 5.41) is 11.0. The summed E-state index contributed by atoms with van der Waals surface area (Å²) in [5.74, 6) is -0.576. The second-order valence-corrected chi connectivity index (χ2v) is 9.88. The molecule has 5 heteroatoms. The zero-order valence-electron chi connectivity index (χ0n) is 21.4. The predicted octanol–water partition coefficient (Wildman–Crippen LogP) is 5.90. The molecule has 0 saturated heterocycles. The summed E-state index contributed by atoms with van der Waals surface area (Å²) in [7, 11) is 0. The molecule has 0 aliphatic carbocycles. The Morgan fingerprint density at radius 1 is 1.21 bits per heavy atom. The van der Waals surface area contributed by atoms with Gasteiger partial charge in [-0.25, -0.2) is 0 Å². The fourth-order valence-electron chi connectivity index (χ4n) is 4.14. The average Bonchev–Trinajstić information content (AvgIpc) is 2.78. The van der Waals surface area contributed by atoms with Gasteiger partial charge in [0.25, 0.3) is 0 Å². The van der Waals surface area contributed by atoms with Crippen molar-refractivity contribution in [2.45, 2.75) is 84.5 Å². The molecule has 6 atom stereocenters. The van der Waals surface area contributed by atoms with Gasteiger partial charge in [0.15, 0.2) is 0 Å². The normalized spacial score (nSPS) is 31.1. The lowest BCUT2D eigenvalue weighted by Crippen LogP contribution is -2.41. The van der Waals surface area contributed by atoms with Gasteiger partial charge in [0.05, 0.1) is 0 Å². The molecule has 1 aromatic carbocycles. The maximum atomic E-state index is 12.7. The average molecular weight is 469 g/mol. The van der Waals surface area contributed by atoms with Crippen LogP contribution in [0.25, 0.3) is 0 Å². The Kier molecular flexibility index (Phi) is 10.3. The number of carbonyl (C=O) groups is 2. The van der Waals surface area contributed by atoms with Crippen molar-refractivity contribution in [3.8, 4) is 0 Å². The lowest BCUT2D eigenvalue weighted by molar-refractivity contribution is -0.156. The van der Waals surface area contributed by atoms with Gasteiger partial charge in [-0.15, -0.1) is 0 Å². The zero-order valence-corrected chi connectivity index (χ0v) is 21.4. The molecule has 0 spiro atoms. The molecule has 1 aromatic rings. The van der Waals surface area contributed by atoms with Crippen LogP contribution in [-0.4, -0.2) is 34.9 Å². The Morgan fingerprint density at radius 3 is 2.53 bits per heavy atom. The van der Waals surface area contributed by atoms with Crippen LogP contribution in [0.1, 0.15) is 72.3 Å². The molecule has 1 heterocycles. The molecule has 0 fully saturated rings. The van der Waals surface area contributed by atoms with Crippen molar-refractivity contribution < 1.29 is 24.2 Å². The summed E-state index contributed by atoms with van der Waals surface area (Å²) >= 11 is 0. The summed E-state index contributed by atoms with van der Waals surface area (Å²) in [6.45, 7) is 11.0. The van der Waals surface area contributed by atoms with E-state index in [0.717, 1.165) is 5.57 Å². The van der Waals surface area contributed by atoms with Crippen molar-refractivity contribution in [2.75, 3.05) is 0 Å². The van der Waals surface area contributed by atoms with E-state index in [4.69, 9.17) is 9.47 Å². The summed E-state index contributed by atoms with van der Waals surface area (Å²) in [6.07, 6.45) is 9.74. The van der Waals surface area contributed by atoms with Gasteiger partial charge < -0.3 is 14.6 Å². The number of hydrogen-bond donors (Lipinski definition) is 1. The highest BCUT2D eigenvalue weighted by atomic mass is 16.6. The molecule has 0 radical (unpaired) electrons. The molecule has 0 aromatic heterocycles. The number of ether oxygens (including phenoxy) is 2. The molecular formula is C29H40O5. The topological polar surface area (TPSA) is 72.8 Å². The third-order valence-electron chi connectivity index (χ3n) is 6.42. The van der Waals surface area contributed by atoms with E-state index in [9.17, 15) is 14.7 Å². The van der Waals surface area contributed by atoms with Crippen LogP contribution in [0.15, 0.2) is 66.3 Å². The molecule has 0 bridgehead atoms. The van der Waals surface area contributed by atoms with Crippen molar-refractivity contribution in [1.82, 2.24) is 0 Å². The SMILES string of the molecule is CC(=O)O[C@H]1/C=C/[C@H](C)[C@@H](/C(C)=C/C=C/C(C)c2ccccc2)OC(=O)C[C@H](C)CC[C@@]1(C)O. The van der Waals surface area contributed by atoms with E-state index in [1.54, 1.807) is 13.0 Å². The van der Waals surface area contributed by atoms with Gasteiger partial charge in [-0.05, 0) is 55.7 Å². The minimum absolute atomic E-state index is 0.0345. The minimum Gasteiger partial charge on any atom is -0.457 e. The van der Waals surface area contributed by atoms with Gasteiger partial charge >= 0.3 is 11.9 Å². The van der Waals surface area contributed by atoms with Crippen LogP contribution >= 0.6 is 0 Å². The number of cyclic esters (lactones) is 1. The van der Waals surface area contributed by atoms with Gasteiger partial charge in [-0.2, -0.15) is 0 Å². The number of allylic oxidation sites excluding steroid dienone is 3. The number of carbonyl (C=O) groups excluding carboxylic acids is 2. The van der Waals surface area contributed by atoms with Crippen molar-refractivity contribution in [2.24, 2.45) is 11.8 Å². The minimum atomic E-state index is -1.23. The van der Waals surface area contributed by atoms with Crippen LogP contribution in [-0.2, 0) is 19.1 Å². The standard InChI is InChI=1S/C29H40O5/c1-20-17-18-29(6,32)26(33-24(5)30)16-15-23(4)28(34-27(31)19-20)22(3)12-10-11-21(2)25-13-8-7-9-14-25/h7-16,20-21,23,26,28,32H,17-19H2,1-6H3/b11-10+,16-15+,22-12+/t20-,21?,23+,26+,28-,29-/m1/s1. The molecule has 1 unspecified atom stereocenters. The largest absolute Gasteiger partial charge is 0.457 e. The van der Waals surface area contributed by atoms with Crippen LogP contribution in [0.4, 0.5) is 0 Å². The first-order chi connectivity index (χ1) is 16.0. The second-order valence-electron chi connectivity index (χ2n) is 9.88. The lowest BCUT2D eigenvalue weighted by Gasteiger charge is -2.32. The van der Waals surface area contributed by atoms with Gasteiger partial charge in [0, 0.05) is 19.3 Å². The van der Waals surface area contributed by atoms with Gasteiger partial charge in [-0.3, -0.25) is 9.59 Å². The number of rotatable bonds is 5. The van der Waals surface area contributed by atoms with Crippen molar-refractivity contribution in [3.05, 3.63) is 71.8 Å². The summed E-state index contributed by atoms with van der Waals surface area (Å²) in [4.78, 5) is 24.3. The smallest absolute Gasteiger partial charge is 0.306 e. The zero-order chi connectivity index (χ0) is 25.3. The highest BCUT2D eigenvalue weighted by Gasteiger charge is 2.34. The van der Waals surface area contributed by atoms with Crippen LogP contribution in [0.2, 0.25) is 0 Å². The van der Waals surface area contributed by atoms with Gasteiger partial charge in [0.2, 0.25) is 0 Å². The molecule has 34 heavy (non-hydrogen) atoms. The van der Waals surface area contributed by atoms with Crippen molar-refractivity contribution >= 4 is 11.9 Å². The summed E-state index contributed by atoms with van der Waals surface area (Å²) < 4.78 is 11.4. The third kappa shape index (κ3) is 8.60. The van der Waals surface area contributed by atoms with Gasteiger partial charge in [0.1, 0.15) is 17.8 Å². The van der Waals surface area contributed by atoms with E-state index in [-0.39, 0.29) is 30.1 Å². The monoisotopic (exact) mass is 468 g/mol. The van der Waals surface area contributed by atoms with Crippen LogP contribution in [0.5, 0.6) is 0 Å². The summed E-state index contributed by atoms with van der Waals surface area (Å²) in [5.41, 5.74) is 0.925. The van der Waals surface area contributed by atoms with Crippen molar-refractivity contribution in [3.63, 3.8) is 0 Å². The first-order valence-corrected chi connectivity index (χ1v) is 12.2. The molecule has 5 nitrogen and oxygen atoms in total. The fraction of sp³-hybridized carbons (Fsp3) is 0.517. The lowest BCUT2D eigenvalue weighted by atomic mass is 9.87. The van der Waals surface area contributed by atoms with E-state index in [1.165, 1.54) is 12.5 Å². The van der Waals surface area contributed by atoms with E-state index in [2.05, 4.69) is 25.1 Å². The Balaban J connectivity index is 2.29. The molecule has 1 N–H and O–H groups in total. The van der Waals surface area contributed by atoms with Crippen LogP contribution in [0.3, 0.4) is 0 Å². The molecule has 0 amide bonds. The molecule has 1 aliphatic rings. The second kappa shape index (κ2) is 12.7. The predicted molar refractivity (Wildman–Crippen MR) is 135 cm³/mol. The van der Waals surface area contributed by atoms with E-state index in [0.29, 0.717) is 12.8 Å². The molecule has 2 rings (SSSR count). The van der Waals surface area contributed by atoms with E-state index >= 15 is 0 Å². The number of aliphatic hydroxyl groups is 1. The Labute approximate surface area is 204 Å². The van der Waals surface area contributed by atoms with Crippen molar-refractivity contribution in [1.29, 1.82) is 0 Å². The quantitative estimate of drug-likeness (QED) is 0.331. The van der Waals surface area contributed by atoms with E-state index in [1.807, 2.05) is 57.2 Å². The molecule has 1 aliphatic heterocycles. The first-order valence-electron chi connectivity index (χ1n) is 12.2. The maximum absolute atomic E-state index is 12.7. The maximum Gasteiger partial charge on any atom is 0.306 e. The Morgan fingerprint density at radius 2 is 1.88 bits per heavy atom. The number of esters is 2. The Hall–Kier alpha value is -2.66. The van der Waals surface area contributed by atoms with Crippen LogP contribution in [0, 0.1) is 11.8 Å². The Bertz CT molecular complexity index is 896.